The smallest absolute Gasteiger partial charge is 0.262 e. The standard InChI is InChI=1S/C24H20N4O4/c1-31-19-12-10-18(11-13-19)28-23(30)16-6-8-17(9-7-16)27-22(29)14-32-24-20-4-2-3-5-21(20)25-15-26-24/h2-13,15H,14H2,1H3,(H,27,29)(H,28,30). The molecule has 1 aromatic heterocycles. The van der Waals surface area contributed by atoms with Crippen LogP contribution in [-0.2, 0) is 4.79 Å². The molecule has 8 nitrogen and oxygen atoms in total. The molecule has 0 saturated heterocycles. The highest BCUT2D eigenvalue weighted by Gasteiger charge is 2.10. The Hall–Kier alpha value is -4.46. The van der Waals surface area contributed by atoms with Gasteiger partial charge < -0.3 is 20.1 Å². The van der Waals surface area contributed by atoms with Crippen LogP contribution in [0.3, 0.4) is 0 Å². The third-order valence-electron chi connectivity index (χ3n) is 4.62. The number of aromatic nitrogens is 2. The molecule has 0 bridgehead atoms. The molecule has 3 aromatic carbocycles. The van der Waals surface area contributed by atoms with Crippen molar-refractivity contribution in [1.29, 1.82) is 0 Å². The van der Waals surface area contributed by atoms with E-state index in [2.05, 4.69) is 20.6 Å². The predicted octanol–water partition coefficient (Wildman–Crippen LogP) is 3.91. The molecule has 0 aliphatic carbocycles. The van der Waals surface area contributed by atoms with Crippen molar-refractivity contribution < 1.29 is 19.1 Å². The Kier molecular flexibility index (Phi) is 6.22. The van der Waals surface area contributed by atoms with E-state index in [-0.39, 0.29) is 18.4 Å². The molecule has 4 aromatic rings. The van der Waals surface area contributed by atoms with Gasteiger partial charge in [0.25, 0.3) is 11.8 Å². The van der Waals surface area contributed by atoms with Crippen LogP contribution in [0.5, 0.6) is 11.6 Å². The molecule has 160 valence electrons. The summed E-state index contributed by atoms with van der Waals surface area (Å²) in [5.41, 5.74) is 2.40. The van der Waals surface area contributed by atoms with E-state index in [9.17, 15) is 9.59 Å². The fourth-order valence-electron chi connectivity index (χ4n) is 3.01. The van der Waals surface area contributed by atoms with Crippen LogP contribution in [0.2, 0.25) is 0 Å². The summed E-state index contributed by atoms with van der Waals surface area (Å²) in [6.45, 7) is -0.208. The van der Waals surface area contributed by atoms with Gasteiger partial charge in [0.2, 0.25) is 5.88 Å². The first-order chi connectivity index (χ1) is 15.6. The number of carbonyl (C=O) groups is 2. The predicted molar refractivity (Wildman–Crippen MR) is 121 cm³/mol. The van der Waals surface area contributed by atoms with Gasteiger partial charge in [-0.1, -0.05) is 12.1 Å². The van der Waals surface area contributed by atoms with Gasteiger partial charge in [-0.05, 0) is 60.7 Å². The van der Waals surface area contributed by atoms with E-state index in [0.29, 0.717) is 28.6 Å². The van der Waals surface area contributed by atoms with Crippen LogP contribution in [0, 0.1) is 0 Å². The zero-order valence-corrected chi connectivity index (χ0v) is 17.2. The Balaban J connectivity index is 1.32. The SMILES string of the molecule is COc1ccc(NC(=O)c2ccc(NC(=O)COc3ncnc4ccccc34)cc2)cc1. The van der Waals surface area contributed by atoms with E-state index >= 15 is 0 Å². The van der Waals surface area contributed by atoms with Crippen LogP contribution >= 0.6 is 0 Å². The fraction of sp³-hybridized carbons (Fsp3) is 0.0833. The minimum atomic E-state index is -0.344. The van der Waals surface area contributed by atoms with Crippen LogP contribution in [0.15, 0.2) is 79.1 Å². The molecule has 0 spiro atoms. The number of nitrogens with zero attached hydrogens (tertiary/aromatic N) is 2. The van der Waals surface area contributed by atoms with Crippen molar-refractivity contribution in [3.05, 3.63) is 84.7 Å². The van der Waals surface area contributed by atoms with Crippen LogP contribution in [0.25, 0.3) is 10.9 Å². The van der Waals surface area contributed by atoms with E-state index in [1.54, 1.807) is 55.6 Å². The second-order valence-electron chi connectivity index (χ2n) is 6.79. The number of fused-ring (bicyclic) bond motifs is 1. The van der Waals surface area contributed by atoms with E-state index in [1.165, 1.54) is 6.33 Å². The maximum atomic E-state index is 12.4. The second kappa shape index (κ2) is 9.57. The minimum absolute atomic E-state index is 0.208. The molecule has 0 saturated carbocycles. The number of carbonyl (C=O) groups excluding carboxylic acids is 2. The lowest BCUT2D eigenvalue weighted by Crippen LogP contribution is -2.20. The maximum Gasteiger partial charge on any atom is 0.262 e. The monoisotopic (exact) mass is 428 g/mol. The Morgan fingerprint density at radius 1 is 0.844 bits per heavy atom. The van der Waals surface area contributed by atoms with E-state index in [1.807, 2.05) is 24.3 Å². The summed E-state index contributed by atoms with van der Waals surface area (Å²) in [7, 11) is 1.58. The van der Waals surface area contributed by atoms with Gasteiger partial charge in [-0.2, -0.15) is 0 Å². The quantitative estimate of drug-likeness (QED) is 0.463. The van der Waals surface area contributed by atoms with Crippen LogP contribution in [-0.4, -0.2) is 35.5 Å². The van der Waals surface area contributed by atoms with Gasteiger partial charge in [-0.25, -0.2) is 9.97 Å². The van der Waals surface area contributed by atoms with Crippen molar-refractivity contribution in [2.24, 2.45) is 0 Å². The lowest BCUT2D eigenvalue weighted by Gasteiger charge is -2.09. The number of methoxy groups -OCH3 is 1. The van der Waals surface area contributed by atoms with Gasteiger partial charge in [0, 0.05) is 16.9 Å². The molecule has 0 fully saturated rings. The Labute approximate surface area is 184 Å². The Morgan fingerprint density at radius 2 is 1.53 bits per heavy atom. The molecule has 1 heterocycles. The van der Waals surface area contributed by atoms with Crippen LogP contribution in [0.4, 0.5) is 11.4 Å². The molecule has 32 heavy (non-hydrogen) atoms. The molecule has 2 amide bonds. The largest absolute Gasteiger partial charge is 0.497 e. The van der Waals surface area contributed by atoms with Crippen LogP contribution in [0.1, 0.15) is 10.4 Å². The van der Waals surface area contributed by atoms with Gasteiger partial charge in [0.05, 0.1) is 18.0 Å². The lowest BCUT2D eigenvalue weighted by molar-refractivity contribution is -0.118. The van der Waals surface area contributed by atoms with Crippen molar-refractivity contribution >= 4 is 34.1 Å². The average molecular weight is 428 g/mol. The molecular weight excluding hydrogens is 408 g/mol. The van der Waals surface area contributed by atoms with Gasteiger partial charge >= 0.3 is 0 Å². The van der Waals surface area contributed by atoms with Crippen molar-refractivity contribution in [3.8, 4) is 11.6 Å². The first kappa shape index (κ1) is 20.8. The van der Waals surface area contributed by atoms with E-state index in [0.717, 1.165) is 10.9 Å². The number of benzene rings is 3. The van der Waals surface area contributed by atoms with Gasteiger partial charge in [-0.3, -0.25) is 9.59 Å². The second-order valence-corrected chi connectivity index (χ2v) is 6.79. The molecule has 0 radical (unpaired) electrons. The zero-order valence-electron chi connectivity index (χ0n) is 17.2. The molecular formula is C24H20N4O4. The fourth-order valence-corrected chi connectivity index (χ4v) is 3.01. The average Bonchev–Trinajstić information content (AvgIpc) is 2.83. The van der Waals surface area contributed by atoms with E-state index in [4.69, 9.17) is 9.47 Å². The highest BCUT2D eigenvalue weighted by atomic mass is 16.5. The molecule has 0 aliphatic rings. The summed E-state index contributed by atoms with van der Waals surface area (Å²) >= 11 is 0. The van der Waals surface area contributed by atoms with Crippen molar-refractivity contribution in [2.75, 3.05) is 24.4 Å². The van der Waals surface area contributed by atoms with Gasteiger partial charge in [0.1, 0.15) is 12.1 Å². The van der Waals surface area contributed by atoms with Gasteiger partial charge in [0.15, 0.2) is 6.61 Å². The first-order valence-electron chi connectivity index (χ1n) is 9.80. The number of anilines is 2. The minimum Gasteiger partial charge on any atom is -0.497 e. The van der Waals surface area contributed by atoms with E-state index < -0.39 is 0 Å². The Bertz CT molecular complexity index is 1240. The van der Waals surface area contributed by atoms with Crippen molar-refractivity contribution in [2.45, 2.75) is 0 Å². The summed E-state index contributed by atoms with van der Waals surface area (Å²) in [5, 5.41) is 6.28. The molecule has 2 N–H and O–H groups in total. The lowest BCUT2D eigenvalue weighted by atomic mass is 10.2. The highest BCUT2D eigenvalue weighted by molar-refractivity contribution is 6.04. The number of nitrogens with one attached hydrogen (secondary N) is 2. The zero-order chi connectivity index (χ0) is 22.3. The summed E-state index contributed by atoms with van der Waals surface area (Å²) in [4.78, 5) is 32.9. The third-order valence-corrected chi connectivity index (χ3v) is 4.62. The maximum absolute atomic E-state index is 12.4. The number of para-hydroxylation sites is 1. The number of rotatable bonds is 7. The first-order valence-corrected chi connectivity index (χ1v) is 9.80. The number of hydrogen-bond acceptors (Lipinski definition) is 6. The van der Waals surface area contributed by atoms with Gasteiger partial charge in [-0.15, -0.1) is 0 Å². The molecule has 8 heteroatoms. The number of amides is 2. The summed E-state index contributed by atoms with van der Waals surface area (Å²) in [6.07, 6.45) is 1.39. The summed E-state index contributed by atoms with van der Waals surface area (Å²) in [5.74, 6) is 0.450. The molecule has 0 aliphatic heterocycles. The molecule has 0 atom stereocenters. The van der Waals surface area contributed by atoms with Crippen molar-refractivity contribution in [1.82, 2.24) is 9.97 Å². The summed E-state index contributed by atoms with van der Waals surface area (Å²) < 4.78 is 10.7. The van der Waals surface area contributed by atoms with Crippen LogP contribution < -0.4 is 20.1 Å². The Morgan fingerprint density at radius 3 is 2.28 bits per heavy atom. The number of hydrogen-bond donors (Lipinski definition) is 2. The normalized spacial score (nSPS) is 10.4. The molecule has 0 unspecified atom stereocenters. The van der Waals surface area contributed by atoms with Crippen molar-refractivity contribution in [3.63, 3.8) is 0 Å². The highest BCUT2D eigenvalue weighted by Crippen LogP contribution is 2.20. The third kappa shape index (κ3) is 4.99. The summed E-state index contributed by atoms with van der Waals surface area (Å²) in [6, 6.07) is 21.0. The topological polar surface area (TPSA) is 102 Å². The molecule has 4 rings (SSSR count). The number of ether oxygens (including phenoxy) is 2.